The van der Waals surface area contributed by atoms with E-state index in [1.54, 1.807) is 0 Å². The Kier molecular flexibility index (Phi) is 5.29. The van der Waals surface area contributed by atoms with Gasteiger partial charge in [0, 0.05) is 24.1 Å². The molecule has 1 heterocycles. The maximum atomic E-state index is 11.4. The van der Waals surface area contributed by atoms with Crippen LogP contribution in [0.2, 0.25) is 0 Å². The van der Waals surface area contributed by atoms with Crippen molar-refractivity contribution < 1.29 is 8.42 Å². The van der Waals surface area contributed by atoms with Gasteiger partial charge in [-0.15, -0.1) is 0 Å². The monoisotopic (exact) mass is 285 g/mol. The first-order valence-electron chi connectivity index (χ1n) is 6.53. The highest BCUT2D eigenvalue weighted by atomic mass is 32.2. The maximum absolute atomic E-state index is 11.4. The Balaban J connectivity index is 3.22. The number of anilines is 1. The van der Waals surface area contributed by atoms with Crippen LogP contribution in [0.25, 0.3) is 0 Å². The molecule has 5 nitrogen and oxygen atoms in total. The van der Waals surface area contributed by atoms with Crippen LogP contribution in [0.5, 0.6) is 0 Å². The summed E-state index contributed by atoms with van der Waals surface area (Å²) in [7, 11) is -3.12. The Labute approximate surface area is 115 Å². The number of hydrogen-bond acceptors (Lipinski definition) is 5. The highest BCUT2D eigenvalue weighted by molar-refractivity contribution is 7.89. The molecule has 0 aliphatic heterocycles. The van der Waals surface area contributed by atoms with Crippen LogP contribution in [0.4, 0.5) is 5.82 Å². The summed E-state index contributed by atoms with van der Waals surface area (Å²) >= 11 is 0. The van der Waals surface area contributed by atoms with Crippen molar-refractivity contribution in [3.05, 3.63) is 17.1 Å². The molecule has 0 bridgehead atoms. The van der Waals surface area contributed by atoms with Crippen molar-refractivity contribution in [1.82, 2.24) is 9.97 Å². The van der Waals surface area contributed by atoms with Gasteiger partial charge in [0.05, 0.1) is 0 Å². The van der Waals surface area contributed by atoms with Gasteiger partial charge in [-0.25, -0.2) is 18.4 Å². The largest absolute Gasteiger partial charge is 0.370 e. The van der Waals surface area contributed by atoms with Gasteiger partial charge in [-0.1, -0.05) is 20.8 Å². The van der Waals surface area contributed by atoms with Crippen molar-refractivity contribution in [2.24, 2.45) is 0 Å². The van der Waals surface area contributed by atoms with E-state index in [1.807, 2.05) is 6.92 Å². The summed E-state index contributed by atoms with van der Waals surface area (Å²) in [5, 5.41) is 3.27. The molecular weight excluding hydrogens is 262 g/mol. The minimum Gasteiger partial charge on any atom is -0.370 e. The number of aryl methyl sites for hydroxylation is 1. The van der Waals surface area contributed by atoms with E-state index in [0.29, 0.717) is 11.7 Å². The second-order valence-electron chi connectivity index (χ2n) is 5.14. The van der Waals surface area contributed by atoms with Crippen molar-refractivity contribution in [1.29, 1.82) is 0 Å². The van der Waals surface area contributed by atoms with E-state index >= 15 is 0 Å². The molecule has 1 aromatic heterocycles. The molecule has 0 aliphatic rings. The van der Waals surface area contributed by atoms with Crippen LogP contribution in [0.1, 0.15) is 50.2 Å². The molecule has 0 unspecified atom stereocenters. The first-order chi connectivity index (χ1) is 8.74. The van der Waals surface area contributed by atoms with Gasteiger partial charge in [-0.3, -0.25) is 0 Å². The number of rotatable bonds is 6. The van der Waals surface area contributed by atoms with Crippen LogP contribution in [0.3, 0.4) is 0 Å². The normalized spacial score (nSPS) is 11.9. The summed E-state index contributed by atoms with van der Waals surface area (Å²) in [6.45, 7) is 8.96. The molecule has 0 amide bonds. The first-order valence-corrected chi connectivity index (χ1v) is 8.59. The van der Waals surface area contributed by atoms with Gasteiger partial charge in [0.2, 0.25) is 0 Å². The van der Waals surface area contributed by atoms with E-state index in [0.717, 1.165) is 30.0 Å². The first kappa shape index (κ1) is 15.9. The lowest BCUT2D eigenvalue weighted by atomic mass is 10.0. The Morgan fingerprint density at radius 3 is 2.37 bits per heavy atom. The second-order valence-corrected chi connectivity index (χ2v) is 7.28. The van der Waals surface area contributed by atoms with E-state index in [4.69, 9.17) is 0 Å². The predicted molar refractivity (Wildman–Crippen MR) is 78.2 cm³/mol. The maximum Gasteiger partial charge on any atom is 0.154 e. The molecule has 1 aromatic rings. The zero-order valence-electron chi connectivity index (χ0n) is 12.3. The lowest BCUT2D eigenvalue weighted by Gasteiger charge is -2.16. The van der Waals surface area contributed by atoms with Crippen molar-refractivity contribution in [2.75, 3.05) is 18.1 Å². The lowest BCUT2D eigenvalue weighted by molar-refractivity contribution is 0.599. The molecule has 108 valence electrons. The number of sulfone groups is 1. The molecule has 0 spiro atoms. The average molecular weight is 285 g/mol. The highest BCUT2D eigenvalue weighted by Gasteiger charge is 2.16. The van der Waals surface area contributed by atoms with Crippen LogP contribution >= 0.6 is 0 Å². The molecule has 6 heteroatoms. The van der Waals surface area contributed by atoms with E-state index < -0.39 is 9.84 Å². The number of aromatic nitrogens is 2. The summed E-state index contributed by atoms with van der Waals surface area (Å²) in [6.07, 6.45) is 2.18. The Hall–Kier alpha value is -1.17. The smallest absolute Gasteiger partial charge is 0.154 e. The molecule has 0 saturated carbocycles. The van der Waals surface area contributed by atoms with Gasteiger partial charge in [0.1, 0.15) is 17.4 Å². The second kappa shape index (κ2) is 6.32. The highest BCUT2D eigenvalue weighted by Crippen LogP contribution is 2.25. The van der Waals surface area contributed by atoms with Crippen molar-refractivity contribution in [3.8, 4) is 0 Å². The van der Waals surface area contributed by atoms with E-state index in [9.17, 15) is 8.42 Å². The Morgan fingerprint density at radius 1 is 1.26 bits per heavy atom. The summed E-state index contributed by atoms with van der Waals surface area (Å²) in [4.78, 5) is 8.69. The third-order valence-corrected chi connectivity index (χ3v) is 3.48. The third-order valence-electron chi connectivity index (χ3n) is 2.69. The van der Waals surface area contributed by atoms with Crippen molar-refractivity contribution in [2.45, 2.75) is 45.8 Å². The molecule has 19 heavy (non-hydrogen) atoms. The minimum absolute atomic E-state index is 0.118. The Bertz CT molecular complexity index is 539. The number of hydrogen-bond donors (Lipinski definition) is 1. The van der Waals surface area contributed by atoms with Crippen LogP contribution in [-0.2, 0) is 15.6 Å². The summed E-state index contributed by atoms with van der Waals surface area (Å²) in [6, 6.07) is 0. The third kappa shape index (κ3) is 4.78. The summed E-state index contributed by atoms with van der Waals surface area (Å²) < 4.78 is 22.7. The molecule has 1 rings (SSSR count). The van der Waals surface area contributed by atoms with Crippen molar-refractivity contribution in [3.63, 3.8) is 0 Å². The quantitative estimate of drug-likeness (QED) is 0.868. The van der Waals surface area contributed by atoms with Gasteiger partial charge >= 0.3 is 0 Å². The number of nitrogens with one attached hydrogen (secondary N) is 1. The topological polar surface area (TPSA) is 72.0 Å². The molecule has 0 saturated heterocycles. The fraction of sp³-hybridized carbons (Fsp3) is 0.692. The minimum atomic E-state index is -3.12. The number of nitrogens with zero attached hydrogens (tertiary/aromatic N) is 2. The zero-order chi connectivity index (χ0) is 14.6. The van der Waals surface area contributed by atoms with Gasteiger partial charge in [-0.2, -0.15) is 0 Å². The fourth-order valence-electron chi connectivity index (χ4n) is 2.01. The van der Waals surface area contributed by atoms with Crippen LogP contribution in [-0.4, -0.2) is 31.2 Å². The van der Waals surface area contributed by atoms with Gasteiger partial charge in [-0.05, 0) is 19.3 Å². The molecule has 0 aromatic carbocycles. The lowest BCUT2D eigenvalue weighted by Crippen LogP contribution is -2.14. The van der Waals surface area contributed by atoms with Crippen LogP contribution in [0, 0.1) is 6.92 Å². The SMILES string of the molecule is CCCNc1nc(CS(C)(=O)=O)nc(C)c1C(C)C. The Morgan fingerprint density at radius 2 is 1.89 bits per heavy atom. The molecule has 0 aliphatic carbocycles. The average Bonchev–Trinajstić information content (AvgIpc) is 2.22. The van der Waals surface area contributed by atoms with E-state index in [-0.39, 0.29) is 5.75 Å². The standard InChI is InChI=1S/C13H23N3O2S/c1-6-7-14-13-12(9(2)3)10(4)15-11(16-13)8-19(5,17)18/h9H,6-8H2,1-5H3,(H,14,15,16). The molecule has 0 fully saturated rings. The van der Waals surface area contributed by atoms with Gasteiger partial charge in [0.15, 0.2) is 9.84 Å². The van der Waals surface area contributed by atoms with E-state index in [2.05, 4.69) is 36.1 Å². The van der Waals surface area contributed by atoms with Gasteiger partial charge < -0.3 is 5.32 Å². The zero-order valence-corrected chi connectivity index (χ0v) is 13.1. The van der Waals surface area contributed by atoms with Crippen molar-refractivity contribution >= 4 is 15.7 Å². The molecule has 0 atom stereocenters. The van der Waals surface area contributed by atoms with Crippen LogP contribution in [0.15, 0.2) is 0 Å². The summed E-state index contributed by atoms with van der Waals surface area (Å²) in [5.41, 5.74) is 1.91. The van der Waals surface area contributed by atoms with Gasteiger partial charge in [0.25, 0.3) is 0 Å². The molecular formula is C13H23N3O2S. The van der Waals surface area contributed by atoms with E-state index in [1.165, 1.54) is 6.26 Å². The van der Waals surface area contributed by atoms with Crippen LogP contribution < -0.4 is 5.32 Å². The predicted octanol–water partition coefficient (Wildman–Crippen LogP) is 2.27. The summed E-state index contributed by atoms with van der Waals surface area (Å²) in [5.74, 6) is 1.31. The molecule has 1 N–H and O–H groups in total. The fourth-order valence-corrected chi connectivity index (χ4v) is 2.61. The molecule has 0 radical (unpaired) electrons.